The summed E-state index contributed by atoms with van der Waals surface area (Å²) in [5.41, 5.74) is 8.93. The summed E-state index contributed by atoms with van der Waals surface area (Å²) < 4.78 is 8.80. The van der Waals surface area contributed by atoms with Gasteiger partial charge in [-0.15, -0.1) is 0 Å². The van der Waals surface area contributed by atoms with Gasteiger partial charge in [0.05, 0.1) is 16.4 Å². The maximum atomic E-state index is 5.76. The molecule has 3 aromatic rings. The Bertz CT molecular complexity index is 773. The molecule has 1 unspecified atom stereocenters. The third kappa shape index (κ3) is 2.41. The van der Waals surface area contributed by atoms with E-state index in [0.717, 1.165) is 40.8 Å². The van der Waals surface area contributed by atoms with Crippen molar-refractivity contribution in [3.05, 3.63) is 30.6 Å². The molecule has 2 N–H and O–H groups in total. The van der Waals surface area contributed by atoms with E-state index in [1.54, 1.807) is 0 Å². The van der Waals surface area contributed by atoms with Crippen molar-refractivity contribution in [2.24, 2.45) is 0 Å². The Morgan fingerprint density at radius 3 is 3.10 bits per heavy atom. The monoisotopic (exact) mass is 300 g/mol. The van der Waals surface area contributed by atoms with Crippen molar-refractivity contribution in [3.63, 3.8) is 0 Å². The van der Waals surface area contributed by atoms with Gasteiger partial charge in [0.2, 0.25) is 0 Å². The number of anilines is 1. The highest BCUT2D eigenvalue weighted by atomic mass is 32.1. The summed E-state index contributed by atoms with van der Waals surface area (Å²) in [4.78, 5) is 4.28. The standard InChI is InChI=1S/C15H16N4OS/c16-15-18-12-5-4-10(7-13(12)21-15)11-8-17-19(9-11)14-3-1-2-6-20-14/h4-5,7-9,14H,1-3,6H2,(H2,16,18). The number of benzene rings is 1. The summed E-state index contributed by atoms with van der Waals surface area (Å²) in [6.45, 7) is 0.825. The van der Waals surface area contributed by atoms with E-state index in [9.17, 15) is 0 Å². The van der Waals surface area contributed by atoms with Crippen molar-refractivity contribution in [2.45, 2.75) is 25.5 Å². The summed E-state index contributed by atoms with van der Waals surface area (Å²) in [6.07, 6.45) is 7.41. The van der Waals surface area contributed by atoms with Gasteiger partial charge in [-0.1, -0.05) is 17.4 Å². The molecule has 0 saturated carbocycles. The highest BCUT2D eigenvalue weighted by Gasteiger charge is 2.17. The van der Waals surface area contributed by atoms with Crippen LogP contribution in [0.15, 0.2) is 30.6 Å². The van der Waals surface area contributed by atoms with Gasteiger partial charge in [0.15, 0.2) is 5.13 Å². The minimum Gasteiger partial charge on any atom is -0.375 e. The van der Waals surface area contributed by atoms with Crippen molar-refractivity contribution < 1.29 is 4.74 Å². The maximum Gasteiger partial charge on any atom is 0.181 e. The predicted molar refractivity (Wildman–Crippen MR) is 84.1 cm³/mol. The van der Waals surface area contributed by atoms with Crippen molar-refractivity contribution in [1.82, 2.24) is 14.8 Å². The lowest BCUT2D eigenvalue weighted by Gasteiger charge is -2.22. The molecule has 1 aliphatic rings. The first-order chi connectivity index (χ1) is 10.3. The van der Waals surface area contributed by atoms with Gasteiger partial charge >= 0.3 is 0 Å². The molecule has 0 bridgehead atoms. The van der Waals surface area contributed by atoms with Gasteiger partial charge < -0.3 is 10.5 Å². The fourth-order valence-corrected chi connectivity index (χ4v) is 3.47. The first kappa shape index (κ1) is 12.8. The highest BCUT2D eigenvalue weighted by molar-refractivity contribution is 7.22. The van der Waals surface area contributed by atoms with Gasteiger partial charge in [-0.3, -0.25) is 0 Å². The zero-order valence-electron chi connectivity index (χ0n) is 11.5. The molecule has 21 heavy (non-hydrogen) atoms. The number of thiazole rings is 1. The van der Waals surface area contributed by atoms with Gasteiger partial charge in [-0.25, -0.2) is 9.67 Å². The van der Waals surface area contributed by atoms with E-state index in [1.165, 1.54) is 17.8 Å². The van der Waals surface area contributed by atoms with Crippen molar-refractivity contribution in [3.8, 4) is 11.1 Å². The van der Waals surface area contributed by atoms with Gasteiger partial charge in [0.25, 0.3) is 0 Å². The second-order valence-corrected chi connectivity index (χ2v) is 6.33. The first-order valence-electron chi connectivity index (χ1n) is 7.12. The van der Waals surface area contributed by atoms with Gasteiger partial charge in [0, 0.05) is 18.4 Å². The Kier molecular flexibility index (Phi) is 3.12. The second-order valence-electron chi connectivity index (χ2n) is 5.26. The Balaban J connectivity index is 1.66. The molecule has 4 rings (SSSR count). The summed E-state index contributed by atoms with van der Waals surface area (Å²) in [7, 11) is 0. The Labute approximate surface area is 126 Å². The van der Waals surface area contributed by atoms with Crippen LogP contribution >= 0.6 is 11.3 Å². The molecule has 0 aliphatic carbocycles. The average molecular weight is 300 g/mol. The number of ether oxygens (including phenoxy) is 1. The predicted octanol–water partition coefficient (Wildman–Crippen LogP) is 3.44. The van der Waals surface area contributed by atoms with Crippen LogP contribution in [0.5, 0.6) is 0 Å². The largest absolute Gasteiger partial charge is 0.375 e. The summed E-state index contributed by atoms with van der Waals surface area (Å²) in [5, 5.41) is 5.06. The average Bonchev–Trinajstić information content (AvgIpc) is 3.12. The lowest BCUT2D eigenvalue weighted by atomic mass is 10.1. The Hall–Kier alpha value is -1.92. The zero-order chi connectivity index (χ0) is 14.2. The summed E-state index contributed by atoms with van der Waals surface area (Å²) in [6, 6.07) is 6.18. The van der Waals surface area contributed by atoms with Crippen molar-refractivity contribution in [2.75, 3.05) is 12.3 Å². The van der Waals surface area contributed by atoms with E-state index in [0.29, 0.717) is 5.13 Å². The number of hydrogen-bond acceptors (Lipinski definition) is 5. The smallest absolute Gasteiger partial charge is 0.181 e. The molecule has 0 spiro atoms. The van der Waals surface area contributed by atoms with E-state index in [2.05, 4.69) is 28.4 Å². The molecule has 0 radical (unpaired) electrons. The fourth-order valence-electron chi connectivity index (χ4n) is 2.70. The lowest BCUT2D eigenvalue weighted by molar-refractivity contribution is -0.0394. The molecule has 1 fully saturated rings. The SMILES string of the molecule is Nc1nc2ccc(-c3cnn(C4CCCCO4)c3)cc2s1. The number of nitrogen functional groups attached to an aromatic ring is 1. The third-order valence-corrected chi connectivity index (χ3v) is 4.64. The van der Waals surface area contributed by atoms with Crippen LogP contribution in [-0.4, -0.2) is 21.4 Å². The van der Waals surface area contributed by atoms with Crippen LogP contribution in [0.2, 0.25) is 0 Å². The molecular weight excluding hydrogens is 284 g/mol. The van der Waals surface area contributed by atoms with E-state index >= 15 is 0 Å². The van der Waals surface area contributed by atoms with Crippen LogP contribution in [0, 0.1) is 0 Å². The van der Waals surface area contributed by atoms with Crippen LogP contribution in [0.3, 0.4) is 0 Å². The molecule has 0 amide bonds. The first-order valence-corrected chi connectivity index (χ1v) is 7.93. The van der Waals surface area contributed by atoms with Crippen LogP contribution in [-0.2, 0) is 4.74 Å². The summed E-state index contributed by atoms with van der Waals surface area (Å²) >= 11 is 1.51. The van der Waals surface area contributed by atoms with E-state index in [1.807, 2.05) is 16.9 Å². The fraction of sp³-hybridized carbons (Fsp3) is 0.333. The topological polar surface area (TPSA) is 66.0 Å². The lowest BCUT2D eigenvalue weighted by Crippen LogP contribution is -2.18. The molecule has 2 aromatic heterocycles. The van der Waals surface area contributed by atoms with Crippen LogP contribution in [0.1, 0.15) is 25.5 Å². The van der Waals surface area contributed by atoms with Crippen LogP contribution in [0.4, 0.5) is 5.13 Å². The number of nitrogens with two attached hydrogens (primary N) is 1. The van der Waals surface area contributed by atoms with E-state index in [4.69, 9.17) is 10.5 Å². The highest BCUT2D eigenvalue weighted by Crippen LogP contribution is 2.30. The number of aromatic nitrogens is 3. The van der Waals surface area contributed by atoms with E-state index < -0.39 is 0 Å². The molecular formula is C15H16N4OS. The molecule has 5 nitrogen and oxygen atoms in total. The number of nitrogens with zero attached hydrogens (tertiary/aromatic N) is 3. The summed E-state index contributed by atoms with van der Waals surface area (Å²) in [5.74, 6) is 0. The molecule has 1 saturated heterocycles. The second kappa shape index (κ2) is 5.13. The molecule has 1 aliphatic heterocycles. The van der Waals surface area contributed by atoms with Crippen molar-refractivity contribution >= 4 is 26.7 Å². The zero-order valence-corrected chi connectivity index (χ0v) is 12.3. The van der Waals surface area contributed by atoms with Gasteiger partial charge in [0.1, 0.15) is 6.23 Å². The van der Waals surface area contributed by atoms with E-state index in [-0.39, 0.29) is 6.23 Å². The molecule has 1 aromatic carbocycles. The number of rotatable bonds is 2. The van der Waals surface area contributed by atoms with Crippen LogP contribution < -0.4 is 5.73 Å². The third-order valence-electron chi connectivity index (χ3n) is 3.79. The normalized spacial score (nSPS) is 19.1. The Morgan fingerprint density at radius 2 is 2.24 bits per heavy atom. The molecule has 3 heterocycles. The number of hydrogen-bond donors (Lipinski definition) is 1. The van der Waals surface area contributed by atoms with Crippen LogP contribution in [0.25, 0.3) is 21.3 Å². The van der Waals surface area contributed by atoms with Gasteiger partial charge in [-0.05, 0) is 37.0 Å². The molecule has 108 valence electrons. The molecule has 1 atom stereocenters. The maximum absolute atomic E-state index is 5.76. The quantitative estimate of drug-likeness (QED) is 0.787. The number of fused-ring (bicyclic) bond motifs is 1. The molecule has 6 heteroatoms. The minimum atomic E-state index is 0.0790. The van der Waals surface area contributed by atoms with Crippen molar-refractivity contribution in [1.29, 1.82) is 0 Å². The van der Waals surface area contributed by atoms with Gasteiger partial charge in [-0.2, -0.15) is 5.10 Å². The Morgan fingerprint density at radius 1 is 1.29 bits per heavy atom. The minimum absolute atomic E-state index is 0.0790.